The molecule has 0 radical (unpaired) electrons. The molecule has 0 aliphatic rings. The molecule has 0 fully saturated rings. The van der Waals surface area contributed by atoms with Gasteiger partial charge in [0, 0.05) is 13.2 Å². The van der Waals surface area contributed by atoms with Crippen LogP contribution in [0.25, 0.3) is 0 Å². The Morgan fingerprint density at radius 3 is 2.31 bits per heavy atom. The number of aromatic carboxylic acids is 1. The third-order valence-corrected chi connectivity index (χ3v) is 2.35. The molecule has 0 spiro atoms. The second kappa shape index (κ2) is 3.62. The number of carboxylic acids is 1. The van der Waals surface area contributed by atoms with Gasteiger partial charge in [0.25, 0.3) is 0 Å². The highest BCUT2D eigenvalue weighted by molar-refractivity contribution is 5.91. The van der Waals surface area contributed by atoms with Crippen molar-refractivity contribution in [3.8, 4) is 0 Å². The Morgan fingerprint density at radius 1 is 1.50 bits per heavy atom. The van der Waals surface area contributed by atoms with E-state index in [-0.39, 0.29) is 11.4 Å². The van der Waals surface area contributed by atoms with Gasteiger partial charge in [0.05, 0.1) is 10.5 Å². The summed E-state index contributed by atoms with van der Waals surface area (Å²) >= 11 is 0. The zero-order chi connectivity index (χ0) is 12.7. The molecule has 88 valence electrons. The summed E-state index contributed by atoms with van der Waals surface area (Å²) in [6, 6.07) is 0. The quantitative estimate of drug-likeness (QED) is 0.616. The number of aryl methyl sites for hydroxylation is 1. The van der Waals surface area contributed by atoms with E-state index in [0.717, 1.165) is 0 Å². The Balaban J connectivity index is 3.60. The molecule has 0 atom stereocenters. The molecule has 1 aromatic heterocycles. The van der Waals surface area contributed by atoms with Crippen molar-refractivity contribution < 1.29 is 14.8 Å². The fourth-order valence-electron chi connectivity index (χ4n) is 1.60. The first-order chi connectivity index (χ1) is 7.16. The van der Waals surface area contributed by atoms with E-state index in [1.807, 2.05) is 0 Å². The Morgan fingerprint density at radius 2 is 2.00 bits per heavy atom. The molecule has 0 saturated carbocycles. The second-order valence-electron chi connectivity index (χ2n) is 4.66. The van der Waals surface area contributed by atoms with E-state index in [0.29, 0.717) is 5.56 Å². The SMILES string of the molecule is Cn1cc(C(C)(C)C)c([N+](=O)[O-])c1C(=O)O. The van der Waals surface area contributed by atoms with Crippen LogP contribution < -0.4 is 0 Å². The molecule has 0 aliphatic carbocycles. The summed E-state index contributed by atoms with van der Waals surface area (Å²) in [4.78, 5) is 21.3. The standard InChI is InChI=1S/C10H14N2O4/c1-10(2,3)6-5-11(4)8(9(13)14)7(6)12(15)16/h5H,1-4H3,(H,13,14). The lowest BCUT2D eigenvalue weighted by Crippen LogP contribution is -2.13. The number of hydrogen-bond donors (Lipinski definition) is 1. The normalized spacial score (nSPS) is 11.5. The second-order valence-corrected chi connectivity index (χ2v) is 4.66. The molecule has 0 saturated heterocycles. The zero-order valence-corrected chi connectivity index (χ0v) is 9.64. The highest BCUT2D eigenvalue weighted by atomic mass is 16.6. The van der Waals surface area contributed by atoms with Crippen LogP contribution in [0.1, 0.15) is 36.8 Å². The molecule has 1 heterocycles. The summed E-state index contributed by atoms with van der Waals surface area (Å²) in [5, 5.41) is 19.9. The summed E-state index contributed by atoms with van der Waals surface area (Å²) in [7, 11) is 1.49. The lowest BCUT2D eigenvalue weighted by molar-refractivity contribution is -0.386. The van der Waals surface area contributed by atoms with Gasteiger partial charge in [-0.3, -0.25) is 10.1 Å². The molecular formula is C10H14N2O4. The van der Waals surface area contributed by atoms with Crippen LogP contribution in [-0.4, -0.2) is 20.6 Å². The summed E-state index contributed by atoms with van der Waals surface area (Å²) in [5.74, 6) is -1.29. The number of aromatic nitrogens is 1. The topological polar surface area (TPSA) is 85.4 Å². The van der Waals surface area contributed by atoms with Crippen molar-refractivity contribution in [2.45, 2.75) is 26.2 Å². The van der Waals surface area contributed by atoms with Gasteiger partial charge < -0.3 is 9.67 Å². The Hall–Kier alpha value is -1.85. The highest BCUT2D eigenvalue weighted by Gasteiger charge is 2.34. The third-order valence-electron chi connectivity index (χ3n) is 2.35. The maximum absolute atomic E-state index is 11.0. The summed E-state index contributed by atoms with van der Waals surface area (Å²) in [6.45, 7) is 5.42. The fraction of sp³-hybridized carbons (Fsp3) is 0.500. The minimum Gasteiger partial charge on any atom is -0.476 e. The first-order valence-electron chi connectivity index (χ1n) is 4.73. The van der Waals surface area contributed by atoms with Crippen molar-refractivity contribution in [3.63, 3.8) is 0 Å². The average Bonchev–Trinajstić information content (AvgIpc) is 2.41. The van der Waals surface area contributed by atoms with Gasteiger partial charge in [-0.15, -0.1) is 0 Å². The number of carbonyl (C=O) groups is 1. The van der Waals surface area contributed by atoms with Gasteiger partial charge in [0.2, 0.25) is 5.69 Å². The van der Waals surface area contributed by atoms with Crippen LogP contribution in [0.3, 0.4) is 0 Å². The predicted octanol–water partition coefficient (Wildman–Crippen LogP) is 1.93. The minimum atomic E-state index is -1.29. The van der Waals surface area contributed by atoms with Crippen molar-refractivity contribution in [1.82, 2.24) is 4.57 Å². The predicted molar refractivity (Wildman–Crippen MR) is 57.7 cm³/mol. The molecule has 0 unspecified atom stereocenters. The van der Waals surface area contributed by atoms with Gasteiger partial charge in [-0.25, -0.2) is 4.79 Å². The lowest BCUT2D eigenvalue weighted by Gasteiger charge is -2.15. The van der Waals surface area contributed by atoms with E-state index in [9.17, 15) is 14.9 Å². The molecule has 6 heteroatoms. The Kier molecular flexibility index (Phi) is 2.77. The molecule has 0 amide bonds. The molecule has 1 aromatic rings. The minimum absolute atomic E-state index is 0.282. The first kappa shape index (κ1) is 12.2. The number of hydrogen-bond acceptors (Lipinski definition) is 3. The molecule has 0 bridgehead atoms. The molecule has 0 aromatic carbocycles. The van der Waals surface area contributed by atoms with E-state index in [1.165, 1.54) is 17.8 Å². The molecule has 1 rings (SSSR count). The zero-order valence-electron chi connectivity index (χ0n) is 9.64. The van der Waals surface area contributed by atoms with E-state index in [4.69, 9.17) is 5.11 Å². The number of nitrogens with zero attached hydrogens (tertiary/aromatic N) is 2. The van der Waals surface area contributed by atoms with E-state index < -0.39 is 16.3 Å². The van der Waals surface area contributed by atoms with Crippen LogP contribution in [0.4, 0.5) is 5.69 Å². The Labute approximate surface area is 92.6 Å². The van der Waals surface area contributed by atoms with Crippen LogP contribution in [0.15, 0.2) is 6.20 Å². The van der Waals surface area contributed by atoms with Crippen LogP contribution >= 0.6 is 0 Å². The lowest BCUT2D eigenvalue weighted by atomic mass is 9.88. The third kappa shape index (κ3) is 1.91. The van der Waals surface area contributed by atoms with Gasteiger partial charge in [0.1, 0.15) is 0 Å². The van der Waals surface area contributed by atoms with Crippen molar-refractivity contribution in [2.75, 3.05) is 0 Å². The van der Waals surface area contributed by atoms with Crippen molar-refractivity contribution >= 4 is 11.7 Å². The van der Waals surface area contributed by atoms with Gasteiger partial charge in [0.15, 0.2) is 0 Å². The Bertz CT molecular complexity index is 454. The maximum Gasteiger partial charge on any atom is 0.359 e. The summed E-state index contributed by atoms with van der Waals surface area (Å²) in [5.41, 5.74) is -0.636. The molecule has 16 heavy (non-hydrogen) atoms. The van der Waals surface area contributed by atoms with Crippen LogP contribution in [0, 0.1) is 10.1 Å². The molecular weight excluding hydrogens is 212 g/mol. The van der Waals surface area contributed by atoms with E-state index >= 15 is 0 Å². The molecule has 0 aliphatic heterocycles. The van der Waals surface area contributed by atoms with Crippen LogP contribution in [-0.2, 0) is 12.5 Å². The summed E-state index contributed by atoms with van der Waals surface area (Å²) in [6.07, 6.45) is 1.50. The molecule has 1 N–H and O–H groups in total. The van der Waals surface area contributed by atoms with E-state index in [2.05, 4.69) is 0 Å². The van der Waals surface area contributed by atoms with Gasteiger partial charge in [-0.2, -0.15) is 0 Å². The fourth-order valence-corrected chi connectivity index (χ4v) is 1.60. The van der Waals surface area contributed by atoms with Crippen LogP contribution in [0.5, 0.6) is 0 Å². The van der Waals surface area contributed by atoms with Gasteiger partial charge >= 0.3 is 11.7 Å². The monoisotopic (exact) mass is 226 g/mol. The number of rotatable bonds is 2. The van der Waals surface area contributed by atoms with Gasteiger partial charge in [-0.1, -0.05) is 20.8 Å². The van der Waals surface area contributed by atoms with Gasteiger partial charge in [-0.05, 0) is 5.41 Å². The first-order valence-corrected chi connectivity index (χ1v) is 4.73. The molecule has 6 nitrogen and oxygen atoms in total. The van der Waals surface area contributed by atoms with Crippen molar-refractivity contribution in [3.05, 3.63) is 27.6 Å². The van der Waals surface area contributed by atoms with Crippen molar-refractivity contribution in [1.29, 1.82) is 0 Å². The average molecular weight is 226 g/mol. The number of carboxylic acid groups (broad SMARTS) is 1. The van der Waals surface area contributed by atoms with E-state index in [1.54, 1.807) is 20.8 Å². The highest BCUT2D eigenvalue weighted by Crippen LogP contribution is 2.34. The smallest absolute Gasteiger partial charge is 0.359 e. The summed E-state index contributed by atoms with van der Waals surface area (Å²) < 4.78 is 1.28. The maximum atomic E-state index is 11.0. The number of nitro groups is 1. The van der Waals surface area contributed by atoms with Crippen LogP contribution in [0.2, 0.25) is 0 Å². The largest absolute Gasteiger partial charge is 0.476 e. The van der Waals surface area contributed by atoms with Crippen molar-refractivity contribution in [2.24, 2.45) is 7.05 Å².